The van der Waals surface area contributed by atoms with E-state index >= 15 is 0 Å². The summed E-state index contributed by atoms with van der Waals surface area (Å²) in [6, 6.07) is 35.4. The third kappa shape index (κ3) is 3.48. The van der Waals surface area contributed by atoms with Crippen LogP contribution in [0.2, 0.25) is 0 Å². The van der Waals surface area contributed by atoms with Crippen LogP contribution in [0, 0.1) is 0 Å². The number of para-hydroxylation sites is 2. The lowest BCUT2D eigenvalue weighted by atomic mass is 9.99. The Bertz CT molecular complexity index is 1660. The fourth-order valence-electron chi connectivity index (χ4n) is 4.25. The van der Waals surface area contributed by atoms with Gasteiger partial charge < -0.3 is 5.32 Å². The highest BCUT2D eigenvalue weighted by atomic mass is 16.1. The highest BCUT2D eigenvalue weighted by Gasteiger charge is 2.17. The van der Waals surface area contributed by atoms with Gasteiger partial charge in [-0.1, -0.05) is 72.8 Å². The number of hydrogen-bond acceptors (Lipinski definition) is 3. The number of pyridine rings is 2. The van der Waals surface area contributed by atoms with Crippen molar-refractivity contribution in [2.24, 2.45) is 0 Å². The molecule has 4 nitrogen and oxygen atoms in total. The molecule has 0 saturated heterocycles. The topological polar surface area (TPSA) is 54.9 Å². The number of hydrogen-bond donors (Lipinski definition) is 1. The highest BCUT2D eigenvalue weighted by Crippen LogP contribution is 2.31. The Morgan fingerprint density at radius 1 is 0.606 bits per heavy atom. The van der Waals surface area contributed by atoms with Crippen molar-refractivity contribution in [2.75, 3.05) is 5.32 Å². The van der Waals surface area contributed by atoms with Crippen LogP contribution in [0.15, 0.2) is 109 Å². The second-order valence-corrected chi connectivity index (χ2v) is 7.95. The Hall–Kier alpha value is -4.57. The first-order valence-electron chi connectivity index (χ1n) is 10.8. The number of carbonyl (C=O) groups is 1. The van der Waals surface area contributed by atoms with E-state index in [1.54, 1.807) is 0 Å². The number of nitrogens with one attached hydrogen (secondary N) is 1. The van der Waals surface area contributed by atoms with Gasteiger partial charge in [0.25, 0.3) is 5.91 Å². The lowest BCUT2D eigenvalue weighted by molar-refractivity contribution is 0.102. The number of benzene rings is 4. The molecule has 156 valence electrons. The summed E-state index contributed by atoms with van der Waals surface area (Å²) < 4.78 is 0. The van der Waals surface area contributed by atoms with Gasteiger partial charge in [0, 0.05) is 16.5 Å². The van der Waals surface area contributed by atoms with E-state index in [4.69, 9.17) is 9.97 Å². The molecular weight excluding hydrogens is 406 g/mol. The second-order valence-electron chi connectivity index (χ2n) is 7.95. The molecule has 1 amide bonds. The molecule has 2 aromatic heterocycles. The predicted molar refractivity (Wildman–Crippen MR) is 134 cm³/mol. The minimum Gasteiger partial charge on any atom is -0.322 e. The van der Waals surface area contributed by atoms with Crippen molar-refractivity contribution >= 4 is 44.2 Å². The molecule has 4 heteroatoms. The third-order valence-corrected chi connectivity index (χ3v) is 5.84. The Morgan fingerprint density at radius 2 is 1.30 bits per heavy atom. The van der Waals surface area contributed by atoms with Gasteiger partial charge in [0.1, 0.15) is 0 Å². The van der Waals surface area contributed by atoms with Crippen molar-refractivity contribution in [3.63, 3.8) is 0 Å². The minimum absolute atomic E-state index is 0.174. The second kappa shape index (κ2) is 7.84. The molecule has 4 aromatic carbocycles. The summed E-state index contributed by atoms with van der Waals surface area (Å²) in [4.78, 5) is 23.2. The van der Waals surface area contributed by atoms with Crippen molar-refractivity contribution in [3.8, 4) is 11.4 Å². The molecule has 0 aliphatic heterocycles. The van der Waals surface area contributed by atoms with E-state index in [1.807, 2.05) is 109 Å². The Balaban J connectivity index is 1.58. The number of amides is 1. The molecule has 6 aromatic rings. The van der Waals surface area contributed by atoms with Gasteiger partial charge in [-0.15, -0.1) is 0 Å². The lowest BCUT2D eigenvalue weighted by Crippen LogP contribution is -2.13. The summed E-state index contributed by atoms with van der Waals surface area (Å²) in [5.41, 5.74) is 4.38. The Morgan fingerprint density at radius 3 is 2.18 bits per heavy atom. The van der Waals surface area contributed by atoms with Gasteiger partial charge in [-0.2, -0.15) is 0 Å². The van der Waals surface area contributed by atoms with E-state index in [0.29, 0.717) is 11.3 Å². The minimum atomic E-state index is -0.174. The fraction of sp³-hybridized carbons (Fsp3) is 0. The number of aromatic nitrogens is 2. The van der Waals surface area contributed by atoms with Gasteiger partial charge in [0.2, 0.25) is 0 Å². The zero-order valence-corrected chi connectivity index (χ0v) is 17.7. The molecule has 2 heterocycles. The number of anilines is 1. The molecule has 0 atom stereocenters. The van der Waals surface area contributed by atoms with Crippen LogP contribution in [0.4, 0.5) is 5.69 Å². The molecule has 0 radical (unpaired) electrons. The largest absolute Gasteiger partial charge is 0.322 e. The number of nitrogens with zero attached hydrogens (tertiary/aromatic N) is 2. The van der Waals surface area contributed by atoms with E-state index in [9.17, 15) is 4.79 Å². The molecule has 0 saturated carbocycles. The SMILES string of the molecule is O=C(Nc1ccccc1)c1cc(-c2ccc3ccccc3n2)nc2ccc3ccccc3c12. The first-order valence-corrected chi connectivity index (χ1v) is 10.8. The van der Waals surface area contributed by atoms with E-state index in [1.165, 1.54) is 0 Å². The van der Waals surface area contributed by atoms with Crippen LogP contribution in [0.25, 0.3) is 44.0 Å². The Kier molecular flexibility index (Phi) is 4.55. The van der Waals surface area contributed by atoms with Crippen LogP contribution in [-0.2, 0) is 0 Å². The summed E-state index contributed by atoms with van der Waals surface area (Å²) >= 11 is 0. The van der Waals surface area contributed by atoms with Crippen LogP contribution in [-0.4, -0.2) is 15.9 Å². The number of fused-ring (bicyclic) bond motifs is 4. The first kappa shape index (κ1) is 19.1. The van der Waals surface area contributed by atoms with Crippen molar-refractivity contribution in [1.82, 2.24) is 9.97 Å². The summed E-state index contributed by atoms with van der Waals surface area (Å²) in [6.45, 7) is 0. The maximum absolute atomic E-state index is 13.5. The molecule has 0 aliphatic rings. The molecular formula is C29H19N3O. The van der Waals surface area contributed by atoms with Crippen molar-refractivity contribution in [3.05, 3.63) is 115 Å². The number of rotatable bonds is 3. The van der Waals surface area contributed by atoms with Crippen LogP contribution in [0.1, 0.15) is 10.4 Å². The first-order chi connectivity index (χ1) is 16.3. The van der Waals surface area contributed by atoms with Crippen molar-refractivity contribution < 1.29 is 4.79 Å². The summed E-state index contributed by atoms with van der Waals surface area (Å²) in [5.74, 6) is -0.174. The average molecular weight is 425 g/mol. The maximum atomic E-state index is 13.5. The highest BCUT2D eigenvalue weighted by molar-refractivity contribution is 6.20. The van der Waals surface area contributed by atoms with Gasteiger partial charge in [-0.05, 0) is 47.2 Å². The van der Waals surface area contributed by atoms with E-state index < -0.39 is 0 Å². The molecule has 0 spiro atoms. The summed E-state index contributed by atoms with van der Waals surface area (Å²) in [7, 11) is 0. The fourth-order valence-corrected chi connectivity index (χ4v) is 4.25. The van der Waals surface area contributed by atoms with Crippen molar-refractivity contribution in [1.29, 1.82) is 0 Å². The van der Waals surface area contributed by atoms with Crippen LogP contribution >= 0.6 is 0 Å². The molecule has 33 heavy (non-hydrogen) atoms. The van der Waals surface area contributed by atoms with Gasteiger partial charge in [0.05, 0.1) is 28.0 Å². The Labute approximate surface area is 190 Å². The van der Waals surface area contributed by atoms with Gasteiger partial charge in [-0.3, -0.25) is 4.79 Å². The normalized spacial score (nSPS) is 11.2. The molecule has 0 bridgehead atoms. The molecule has 6 rings (SSSR count). The van der Waals surface area contributed by atoms with E-state index in [0.717, 1.165) is 44.0 Å². The van der Waals surface area contributed by atoms with Gasteiger partial charge in [0.15, 0.2) is 0 Å². The van der Waals surface area contributed by atoms with E-state index in [2.05, 4.69) is 5.32 Å². The molecule has 0 aliphatic carbocycles. The van der Waals surface area contributed by atoms with Crippen LogP contribution < -0.4 is 5.32 Å². The maximum Gasteiger partial charge on any atom is 0.256 e. The molecule has 0 unspecified atom stereocenters. The third-order valence-electron chi connectivity index (χ3n) is 5.84. The number of carbonyl (C=O) groups excluding carboxylic acids is 1. The monoisotopic (exact) mass is 425 g/mol. The van der Waals surface area contributed by atoms with Gasteiger partial charge in [-0.25, -0.2) is 9.97 Å². The lowest BCUT2D eigenvalue weighted by Gasteiger charge is -2.13. The van der Waals surface area contributed by atoms with Crippen LogP contribution in [0.5, 0.6) is 0 Å². The van der Waals surface area contributed by atoms with E-state index in [-0.39, 0.29) is 5.91 Å². The predicted octanol–water partition coefficient (Wildman–Crippen LogP) is 6.86. The average Bonchev–Trinajstić information content (AvgIpc) is 2.88. The quantitative estimate of drug-likeness (QED) is 0.315. The molecule has 0 fully saturated rings. The zero-order valence-electron chi connectivity index (χ0n) is 17.7. The van der Waals surface area contributed by atoms with Crippen molar-refractivity contribution in [2.45, 2.75) is 0 Å². The summed E-state index contributed by atoms with van der Waals surface area (Å²) in [5, 5.41) is 7.01. The molecule has 1 N–H and O–H groups in total. The summed E-state index contributed by atoms with van der Waals surface area (Å²) in [6.07, 6.45) is 0. The zero-order chi connectivity index (χ0) is 22.2. The van der Waals surface area contributed by atoms with Gasteiger partial charge >= 0.3 is 0 Å². The smallest absolute Gasteiger partial charge is 0.256 e. The van der Waals surface area contributed by atoms with Crippen LogP contribution in [0.3, 0.4) is 0 Å². The standard InChI is InChI=1S/C29H19N3O/c33-29(30-21-10-2-1-3-11-21)23-18-27(25-16-15-20-9-5-7-13-24(20)31-25)32-26-17-14-19-8-4-6-12-22(19)28(23)26/h1-18H,(H,30,33).